The Kier molecular flexibility index (Phi) is 4.29. The van der Waals surface area contributed by atoms with Crippen molar-refractivity contribution >= 4 is 11.0 Å². The van der Waals surface area contributed by atoms with Gasteiger partial charge < -0.3 is 14.1 Å². The molecule has 0 spiro atoms. The number of nitrogens with one attached hydrogen (secondary N) is 1. The van der Waals surface area contributed by atoms with E-state index in [-0.39, 0.29) is 0 Å². The molecule has 0 radical (unpaired) electrons. The van der Waals surface area contributed by atoms with Gasteiger partial charge in [0.1, 0.15) is 11.3 Å². The van der Waals surface area contributed by atoms with E-state index in [1.165, 1.54) is 16.7 Å². The number of hydrogen-bond donors (Lipinski definition) is 1. The number of fused-ring (bicyclic) bond motifs is 1. The SMILES string of the molecule is CCCc1ccc(OC)c2cc(-c3ccc(-c4ccc(C)cc4)[nH]3)oc12. The van der Waals surface area contributed by atoms with Gasteiger partial charge >= 0.3 is 0 Å². The molecule has 4 aromatic rings. The van der Waals surface area contributed by atoms with Crippen LogP contribution in [0.4, 0.5) is 0 Å². The van der Waals surface area contributed by atoms with E-state index >= 15 is 0 Å². The highest BCUT2D eigenvalue weighted by Gasteiger charge is 2.15. The van der Waals surface area contributed by atoms with Crippen LogP contribution in [0.1, 0.15) is 24.5 Å². The fourth-order valence-corrected chi connectivity index (χ4v) is 3.37. The summed E-state index contributed by atoms with van der Waals surface area (Å²) in [6, 6.07) is 18.9. The van der Waals surface area contributed by atoms with Gasteiger partial charge in [-0.05, 0) is 48.7 Å². The van der Waals surface area contributed by atoms with Gasteiger partial charge in [-0.1, -0.05) is 49.2 Å². The summed E-state index contributed by atoms with van der Waals surface area (Å²) in [5, 5.41) is 1.03. The number of aromatic nitrogens is 1. The molecule has 0 saturated heterocycles. The van der Waals surface area contributed by atoms with Gasteiger partial charge in [0.15, 0.2) is 5.76 Å². The van der Waals surface area contributed by atoms with Crippen molar-refractivity contribution in [2.45, 2.75) is 26.7 Å². The average molecular weight is 345 g/mol. The normalized spacial score (nSPS) is 11.2. The number of hydrogen-bond acceptors (Lipinski definition) is 2. The number of H-pyrrole nitrogens is 1. The van der Waals surface area contributed by atoms with Gasteiger partial charge in [-0.25, -0.2) is 0 Å². The number of ether oxygens (including phenoxy) is 1. The molecular weight excluding hydrogens is 322 g/mol. The van der Waals surface area contributed by atoms with Crippen molar-refractivity contribution in [2.75, 3.05) is 7.11 Å². The van der Waals surface area contributed by atoms with Gasteiger partial charge in [-0.3, -0.25) is 0 Å². The summed E-state index contributed by atoms with van der Waals surface area (Å²) in [7, 11) is 1.70. The van der Waals surface area contributed by atoms with Crippen LogP contribution in [0.2, 0.25) is 0 Å². The minimum Gasteiger partial charge on any atom is -0.496 e. The highest BCUT2D eigenvalue weighted by molar-refractivity contribution is 5.90. The molecular formula is C23H23NO2. The quantitative estimate of drug-likeness (QED) is 0.457. The zero-order valence-electron chi connectivity index (χ0n) is 15.4. The predicted molar refractivity (Wildman–Crippen MR) is 107 cm³/mol. The van der Waals surface area contributed by atoms with Crippen molar-refractivity contribution in [3.05, 3.63) is 65.7 Å². The Labute approximate surface area is 153 Å². The van der Waals surface area contributed by atoms with Crippen LogP contribution < -0.4 is 4.74 Å². The Morgan fingerprint density at radius 1 is 0.962 bits per heavy atom. The molecule has 0 aliphatic heterocycles. The molecule has 0 amide bonds. The molecule has 4 rings (SSSR count). The van der Waals surface area contributed by atoms with Crippen LogP contribution >= 0.6 is 0 Å². The Hall–Kier alpha value is -2.94. The van der Waals surface area contributed by atoms with E-state index in [9.17, 15) is 0 Å². The van der Waals surface area contributed by atoms with E-state index in [4.69, 9.17) is 9.15 Å². The second-order valence-corrected chi connectivity index (χ2v) is 6.68. The molecule has 2 heterocycles. The molecule has 0 bridgehead atoms. The van der Waals surface area contributed by atoms with E-state index in [2.05, 4.69) is 67.4 Å². The largest absolute Gasteiger partial charge is 0.496 e. The predicted octanol–water partition coefficient (Wildman–Crippen LogP) is 6.36. The monoisotopic (exact) mass is 345 g/mol. The van der Waals surface area contributed by atoms with E-state index in [0.29, 0.717) is 0 Å². The molecule has 0 unspecified atom stereocenters. The Bertz CT molecular complexity index is 1040. The fourth-order valence-electron chi connectivity index (χ4n) is 3.37. The van der Waals surface area contributed by atoms with E-state index < -0.39 is 0 Å². The second kappa shape index (κ2) is 6.75. The lowest BCUT2D eigenvalue weighted by molar-refractivity contribution is 0.419. The number of aromatic amines is 1. The lowest BCUT2D eigenvalue weighted by Crippen LogP contribution is -1.87. The van der Waals surface area contributed by atoms with Gasteiger partial charge in [-0.2, -0.15) is 0 Å². The van der Waals surface area contributed by atoms with E-state index in [0.717, 1.165) is 46.7 Å². The van der Waals surface area contributed by atoms with Gasteiger partial charge in [-0.15, -0.1) is 0 Å². The molecule has 0 atom stereocenters. The van der Waals surface area contributed by atoms with Gasteiger partial charge in [0, 0.05) is 5.69 Å². The third-order valence-corrected chi connectivity index (χ3v) is 4.78. The standard InChI is InChI=1S/C23H23NO2/c1-4-5-17-10-13-21(25-3)18-14-22(26-23(17)18)20-12-11-19(24-20)16-8-6-15(2)7-9-16/h6-14,24H,4-5H2,1-3H3. The van der Waals surface area contributed by atoms with Crippen LogP contribution in [0, 0.1) is 6.92 Å². The van der Waals surface area contributed by atoms with Crippen LogP contribution in [-0.4, -0.2) is 12.1 Å². The summed E-state index contributed by atoms with van der Waals surface area (Å²) in [5.41, 5.74) is 6.63. The van der Waals surface area contributed by atoms with Gasteiger partial charge in [0.25, 0.3) is 0 Å². The van der Waals surface area contributed by atoms with Crippen LogP contribution in [0.25, 0.3) is 33.7 Å². The van der Waals surface area contributed by atoms with E-state index in [1.807, 2.05) is 6.07 Å². The summed E-state index contributed by atoms with van der Waals surface area (Å²) in [5.74, 6) is 1.68. The molecule has 0 fully saturated rings. The lowest BCUT2D eigenvalue weighted by Gasteiger charge is -2.04. The summed E-state index contributed by atoms with van der Waals surface area (Å²) in [4.78, 5) is 3.48. The van der Waals surface area contributed by atoms with Crippen LogP contribution in [-0.2, 0) is 6.42 Å². The first-order valence-electron chi connectivity index (χ1n) is 9.05. The summed E-state index contributed by atoms with van der Waals surface area (Å²) in [6.45, 7) is 4.28. The molecule has 2 aromatic heterocycles. The number of rotatable bonds is 5. The number of furan rings is 1. The average Bonchev–Trinajstić information content (AvgIpc) is 3.30. The maximum atomic E-state index is 6.24. The highest BCUT2D eigenvalue weighted by Crippen LogP contribution is 2.36. The second-order valence-electron chi connectivity index (χ2n) is 6.68. The number of benzene rings is 2. The third kappa shape index (κ3) is 2.90. The van der Waals surface area contributed by atoms with Gasteiger partial charge in [0.2, 0.25) is 0 Å². The first-order valence-corrected chi connectivity index (χ1v) is 9.05. The molecule has 0 saturated carbocycles. The zero-order chi connectivity index (χ0) is 18.1. The number of methoxy groups -OCH3 is 1. The van der Waals surface area contributed by atoms with Crippen molar-refractivity contribution in [1.82, 2.24) is 4.98 Å². The number of aryl methyl sites for hydroxylation is 2. The summed E-state index contributed by atoms with van der Waals surface area (Å²) < 4.78 is 11.8. The minimum atomic E-state index is 0.834. The smallest absolute Gasteiger partial charge is 0.151 e. The summed E-state index contributed by atoms with van der Waals surface area (Å²) in [6.07, 6.45) is 2.07. The molecule has 132 valence electrons. The maximum Gasteiger partial charge on any atom is 0.151 e. The van der Waals surface area contributed by atoms with Gasteiger partial charge in [0.05, 0.1) is 18.2 Å². The van der Waals surface area contributed by atoms with Crippen LogP contribution in [0.5, 0.6) is 5.75 Å². The molecule has 0 aliphatic carbocycles. The van der Waals surface area contributed by atoms with Crippen molar-refractivity contribution < 1.29 is 9.15 Å². The molecule has 0 aliphatic rings. The van der Waals surface area contributed by atoms with Crippen LogP contribution in [0.3, 0.4) is 0 Å². The molecule has 26 heavy (non-hydrogen) atoms. The van der Waals surface area contributed by atoms with Crippen molar-refractivity contribution in [3.8, 4) is 28.5 Å². The van der Waals surface area contributed by atoms with Crippen LogP contribution in [0.15, 0.2) is 59.0 Å². The first kappa shape index (κ1) is 16.5. The fraction of sp³-hybridized carbons (Fsp3) is 0.217. The molecule has 3 nitrogen and oxygen atoms in total. The summed E-state index contributed by atoms with van der Waals surface area (Å²) >= 11 is 0. The highest BCUT2D eigenvalue weighted by atomic mass is 16.5. The topological polar surface area (TPSA) is 38.2 Å². The third-order valence-electron chi connectivity index (χ3n) is 4.78. The minimum absolute atomic E-state index is 0.834. The van der Waals surface area contributed by atoms with Crippen molar-refractivity contribution in [2.24, 2.45) is 0 Å². The Balaban J connectivity index is 1.77. The first-order chi connectivity index (χ1) is 12.7. The van der Waals surface area contributed by atoms with E-state index in [1.54, 1.807) is 7.11 Å². The molecule has 1 N–H and O–H groups in total. The molecule has 3 heteroatoms. The lowest BCUT2D eigenvalue weighted by atomic mass is 10.1. The maximum absolute atomic E-state index is 6.24. The Morgan fingerprint density at radius 3 is 2.46 bits per heavy atom. The Morgan fingerprint density at radius 2 is 1.73 bits per heavy atom. The van der Waals surface area contributed by atoms with Crippen molar-refractivity contribution in [3.63, 3.8) is 0 Å². The van der Waals surface area contributed by atoms with Crippen molar-refractivity contribution in [1.29, 1.82) is 0 Å². The zero-order valence-corrected chi connectivity index (χ0v) is 15.4. The molecule has 2 aromatic carbocycles.